The molecule has 3 aromatic carbocycles. The van der Waals surface area contributed by atoms with Crippen molar-refractivity contribution in [3.05, 3.63) is 88.5 Å². The van der Waals surface area contributed by atoms with Crippen LogP contribution in [-0.2, 0) is 17.3 Å². The number of aryl methyl sites for hydroxylation is 2. The average molecular weight is 501 g/mol. The lowest BCUT2D eigenvalue weighted by Gasteiger charge is -2.31. The van der Waals surface area contributed by atoms with E-state index in [1.54, 1.807) is 47.4 Å². The molecule has 6 heteroatoms. The highest BCUT2D eigenvalue weighted by molar-refractivity contribution is 7.85. The third-order valence-electron chi connectivity index (χ3n) is 7.53. The zero-order chi connectivity index (χ0) is 25.4. The molecular formula is C30H32N2O3S. The van der Waals surface area contributed by atoms with Crippen LogP contribution < -0.4 is 4.90 Å². The minimum atomic E-state index is -1.54. The topological polar surface area (TPSA) is 57.7 Å². The number of carbonyl (C=O) groups excluding carboxylic acids is 2. The van der Waals surface area contributed by atoms with Crippen molar-refractivity contribution in [3.63, 3.8) is 0 Å². The second kappa shape index (κ2) is 10.0. The molecule has 3 aromatic rings. The van der Waals surface area contributed by atoms with E-state index in [4.69, 9.17) is 0 Å². The molecule has 1 aliphatic heterocycles. The van der Waals surface area contributed by atoms with E-state index in [0.717, 1.165) is 42.4 Å². The van der Waals surface area contributed by atoms with E-state index in [2.05, 4.69) is 18.2 Å². The predicted octanol–water partition coefficient (Wildman–Crippen LogP) is 6.04. The smallest absolute Gasteiger partial charge is 0.259 e. The zero-order valence-electron chi connectivity index (χ0n) is 21.1. The Kier molecular flexibility index (Phi) is 6.80. The number of amides is 2. The second-order valence-electron chi connectivity index (χ2n) is 9.98. The van der Waals surface area contributed by atoms with Gasteiger partial charge in [-0.2, -0.15) is 0 Å². The molecule has 1 atom stereocenters. The minimum Gasteiger partial charge on any atom is -0.339 e. The Balaban J connectivity index is 1.61. The number of fused-ring (bicyclic) bond motifs is 2. The fourth-order valence-electron chi connectivity index (χ4n) is 5.33. The lowest BCUT2D eigenvalue weighted by atomic mass is 9.94. The van der Waals surface area contributed by atoms with Gasteiger partial charge in [-0.3, -0.25) is 9.59 Å². The standard InChI is InChI=1S/C30H32N2O3S/c1-20-13-14-21(2)23(17-20)19-32-26-18-22(29(33)31(3)24-9-5-4-6-10-24)15-16-28(26)36(35)27-12-8-7-11-25(27)30(32)34/h7-8,11-18,24H,4-6,9-10,19H2,1-3H3. The number of nitrogens with zero attached hydrogens (tertiary/aromatic N) is 2. The van der Waals surface area contributed by atoms with E-state index >= 15 is 0 Å². The summed E-state index contributed by atoms with van der Waals surface area (Å²) in [6, 6.07) is 18.8. The maximum atomic E-state index is 13.9. The van der Waals surface area contributed by atoms with Gasteiger partial charge < -0.3 is 9.80 Å². The van der Waals surface area contributed by atoms with Crippen molar-refractivity contribution < 1.29 is 13.8 Å². The highest BCUT2D eigenvalue weighted by atomic mass is 32.2. The molecule has 0 aromatic heterocycles. The van der Waals surface area contributed by atoms with Crippen LogP contribution in [0.3, 0.4) is 0 Å². The molecule has 0 spiro atoms. The summed E-state index contributed by atoms with van der Waals surface area (Å²) in [5.41, 5.74) is 4.71. The first-order valence-electron chi connectivity index (χ1n) is 12.6. The highest BCUT2D eigenvalue weighted by Gasteiger charge is 2.32. The van der Waals surface area contributed by atoms with Gasteiger partial charge in [0.15, 0.2) is 0 Å². The molecule has 1 unspecified atom stereocenters. The van der Waals surface area contributed by atoms with Crippen molar-refractivity contribution in [1.29, 1.82) is 0 Å². The number of benzene rings is 3. The zero-order valence-corrected chi connectivity index (χ0v) is 21.9. The first-order chi connectivity index (χ1) is 17.3. The summed E-state index contributed by atoms with van der Waals surface area (Å²) in [5.74, 6) is -0.264. The van der Waals surface area contributed by atoms with Gasteiger partial charge in [0.25, 0.3) is 11.8 Å². The third kappa shape index (κ3) is 4.50. The molecule has 1 saturated carbocycles. The van der Waals surface area contributed by atoms with Gasteiger partial charge in [0, 0.05) is 18.7 Å². The van der Waals surface area contributed by atoms with Crippen molar-refractivity contribution in [3.8, 4) is 0 Å². The van der Waals surface area contributed by atoms with Crippen LogP contribution in [0, 0.1) is 13.8 Å². The molecule has 36 heavy (non-hydrogen) atoms. The number of carbonyl (C=O) groups is 2. The maximum Gasteiger partial charge on any atom is 0.259 e. The molecule has 0 N–H and O–H groups in total. The van der Waals surface area contributed by atoms with E-state index in [0.29, 0.717) is 33.2 Å². The van der Waals surface area contributed by atoms with Crippen molar-refractivity contribution in [1.82, 2.24) is 4.90 Å². The van der Waals surface area contributed by atoms with Gasteiger partial charge in [-0.05, 0) is 68.1 Å². The van der Waals surface area contributed by atoms with Crippen molar-refractivity contribution in [2.45, 2.75) is 68.3 Å². The van der Waals surface area contributed by atoms with Crippen LogP contribution in [0.4, 0.5) is 5.69 Å². The van der Waals surface area contributed by atoms with Gasteiger partial charge in [0.05, 0.1) is 38.4 Å². The van der Waals surface area contributed by atoms with Crippen LogP contribution in [0.25, 0.3) is 0 Å². The molecule has 1 fully saturated rings. The van der Waals surface area contributed by atoms with Gasteiger partial charge in [0.2, 0.25) is 0 Å². The largest absolute Gasteiger partial charge is 0.339 e. The molecule has 1 heterocycles. The van der Waals surface area contributed by atoms with Gasteiger partial charge >= 0.3 is 0 Å². The predicted molar refractivity (Wildman–Crippen MR) is 143 cm³/mol. The Labute approximate surface area is 215 Å². The molecule has 186 valence electrons. The molecule has 2 aliphatic rings. The van der Waals surface area contributed by atoms with Crippen molar-refractivity contribution in [2.75, 3.05) is 11.9 Å². The van der Waals surface area contributed by atoms with Crippen molar-refractivity contribution >= 4 is 28.3 Å². The summed E-state index contributed by atoms with van der Waals surface area (Å²) in [6.45, 7) is 4.40. The number of anilines is 1. The van der Waals surface area contributed by atoms with Crippen LogP contribution >= 0.6 is 0 Å². The molecule has 1 aliphatic carbocycles. The Morgan fingerprint density at radius 1 is 0.972 bits per heavy atom. The first kappa shape index (κ1) is 24.4. The third-order valence-corrected chi connectivity index (χ3v) is 9.03. The molecule has 0 saturated heterocycles. The summed E-state index contributed by atoms with van der Waals surface area (Å²) in [5, 5.41) is 0. The first-order valence-corrected chi connectivity index (χ1v) is 13.8. The summed E-state index contributed by atoms with van der Waals surface area (Å²) in [7, 11) is 0.332. The molecule has 5 nitrogen and oxygen atoms in total. The molecule has 0 radical (unpaired) electrons. The Morgan fingerprint density at radius 2 is 1.72 bits per heavy atom. The second-order valence-corrected chi connectivity index (χ2v) is 11.4. The highest BCUT2D eigenvalue weighted by Crippen LogP contribution is 2.37. The average Bonchev–Trinajstić information content (AvgIpc) is 2.99. The van der Waals surface area contributed by atoms with Crippen LogP contribution in [0.2, 0.25) is 0 Å². The minimum absolute atomic E-state index is 0.0589. The SMILES string of the molecule is Cc1ccc(C)c(CN2C(=O)c3ccccc3S(=O)c3ccc(C(=O)N(C)C4CCCCC4)cc32)c1. The maximum absolute atomic E-state index is 13.9. The molecule has 0 bridgehead atoms. The van der Waals surface area contributed by atoms with Gasteiger partial charge in [-0.25, -0.2) is 4.21 Å². The van der Waals surface area contributed by atoms with E-state index in [1.807, 2.05) is 25.8 Å². The van der Waals surface area contributed by atoms with E-state index < -0.39 is 10.8 Å². The Bertz CT molecular complexity index is 1360. The number of hydrogen-bond acceptors (Lipinski definition) is 3. The summed E-state index contributed by atoms with van der Waals surface area (Å²) >= 11 is 0. The van der Waals surface area contributed by atoms with E-state index in [-0.39, 0.29) is 17.9 Å². The molecule has 5 rings (SSSR count). The molecule has 2 amide bonds. The lowest BCUT2D eigenvalue weighted by Crippen LogP contribution is -2.38. The molecular weight excluding hydrogens is 468 g/mol. The quantitative estimate of drug-likeness (QED) is 0.439. The van der Waals surface area contributed by atoms with Gasteiger partial charge in [-0.1, -0.05) is 55.2 Å². The normalized spacial score (nSPS) is 17.8. The van der Waals surface area contributed by atoms with Gasteiger partial charge in [-0.15, -0.1) is 0 Å². The van der Waals surface area contributed by atoms with Crippen LogP contribution in [-0.4, -0.2) is 34.0 Å². The summed E-state index contributed by atoms with van der Waals surface area (Å²) in [6.07, 6.45) is 5.54. The summed E-state index contributed by atoms with van der Waals surface area (Å²) < 4.78 is 13.7. The van der Waals surface area contributed by atoms with Crippen LogP contribution in [0.1, 0.15) is 69.5 Å². The fourth-order valence-corrected chi connectivity index (χ4v) is 6.68. The van der Waals surface area contributed by atoms with Crippen molar-refractivity contribution in [2.24, 2.45) is 0 Å². The fraction of sp³-hybridized carbons (Fsp3) is 0.333. The monoisotopic (exact) mass is 500 g/mol. The van der Waals surface area contributed by atoms with E-state index in [9.17, 15) is 13.8 Å². The Morgan fingerprint density at radius 3 is 2.50 bits per heavy atom. The number of hydrogen-bond donors (Lipinski definition) is 0. The van der Waals surface area contributed by atoms with Crippen LogP contribution in [0.5, 0.6) is 0 Å². The van der Waals surface area contributed by atoms with E-state index in [1.165, 1.54) is 6.42 Å². The van der Waals surface area contributed by atoms with Crippen LogP contribution in [0.15, 0.2) is 70.5 Å². The summed E-state index contributed by atoms with van der Waals surface area (Å²) in [4.78, 5) is 32.0. The Hall–Kier alpha value is -3.25. The lowest BCUT2D eigenvalue weighted by molar-refractivity contribution is 0.0696. The van der Waals surface area contributed by atoms with Gasteiger partial charge in [0.1, 0.15) is 0 Å². The number of rotatable bonds is 4.